The van der Waals surface area contributed by atoms with E-state index in [9.17, 15) is 4.79 Å². The average molecular weight is 324 g/mol. The van der Waals surface area contributed by atoms with Crippen molar-refractivity contribution in [3.05, 3.63) is 52.7 Å². The van der Waals surface area contributed by atoms with Crippen LogP contribution in [0.25, 0.3) is 16.7 Å². The molecule has 6 heteroatoms. The third-order valence-corrected chi connectivity index (χ3v) is 4.92. The van der Waals surface area contributed by atoms with Gasteiger partial charge in [-0.15, -0.1) is 0 Å². The van der Waals surface area contributed by atoms with Crippen molar-refractivity contribution in [2.75, 3.05) is 19.6 Å². The second-order valence-electron chi connectivity index (χ2n) is 6.53. The van der Waals surface area contributed by atoms with Crippen LogP contribution in [-0.2, 0) is 6.54 Å². The minimum atomic E-state index is -0.00145. The maximum atomic E-state index is 12.7. The third-order valence-electron chi connectivity index (χ3n) is 4.92. The van der Waals surface area contributed by atoms with Crippen molar-refractivity contribution >= 4 is 11.0 Å². The number of fused-ring (bicyclic) bond motifs is 1. The summed E-state index contributed by atoms with van der Waals surface area (Å²) in [6.45, 7) is 6.17. The largest absolute Gasteiger partial charge is 0.333 e. The molecule has 0 amide bonds. The Morgan fingerprint density at radius 3 is 2.79 bits per heavy atom. The Morgan fingerprint density at radius 2 is 2.00 bits per heavy atom. The molecule has 0 unspecified atom stereocenters. The molecule has 3 aromatic rings. The van der Waals surface area contributed by atoms with Crippen molar-refractivity contribution in [2.45, 2.75) is 26.3 Å². The Kier molecular flexibility index (Phi) is 3.90. The van der Waals surface area contributed by atoms with E-state index in [1.165, 1.54) is 25.9 Å². The fourth-order valence-corrected chi connectivity index (χ4v) is 3.49. The number of rotatable bonds is 4. The van der Waals surface area contributed by atoms with E-state index < -0.39 is 0 Å². The van der Waals surface area contributed by atoms with Gasteiger partial charge in [-0.05, 0) is 18.6 Å². The summed E-state index contributed by atoms with van der Waals surface area (Å²) < 4.78 is 3.47. The van der Waals surface area contributed by atoms with Gasteiger partial charge in [0.15, 0.2) is 5.65 Å². The van der Waals surface area contributed by atoms with Gasteiger partial charge in [-0.1, -0.05) is 18.2 Å². The van der Waals surface area contributed by atoms with Gasteiger partial charge in [0.05, 0.1) is 38.1 Å². The van der Waals surface area contributed by atoms with Crippen LogP contribution < -0.4 is 10.5 Å². The van der Waals surface area contributed by atoms with Crippen molar-refractivity contribution < 1.29 is 4.90 Å². The highest BCUT2D eigenvalue weighted by Crippen LogP contribution is 2.16. The minimum absolute atomic E-state index is 0.00145. The summed E-state index contributed by atoms with van der Waals surface area (Å²) in [7, 11) is 0. The third kappa shape index (κ3) is 2.63. The van der Waals surface area contributed by atoms with Crippen molar-refractivity contribution in [2.24, 2.45) is 0 Å². The molecule has 1 aliphatic heterocycles. The molecular formula is C18H22N5O+. The van der Waals surface area contributed by atoms with Crippen molar-refractivity contribution in [3.63, 3.8) is 0 Å². The molecule has 0 saturated carbocycles. The Bertz CT molecular complexity index is 921. The quantitative estimate of drug-likeness (QED) is 0.763. The molecular weight excluding hydrogens is 302 g/mol. The molecule has 1 aliphatic rings. The zero-order valence-electron chi connectivity index (χ0n) is 13.9. The first-order chi connectivity index (χ1) is 11.7. The van der Waals surface area contributed by atoms with Crippen molar-refractivity contribution in [1.29, 1.82) is 0 Å². The van der Waals surface area contributed by atoms with Gasteiger partial charge in [0.2, 0.25) is 0 Å². The molecule has 0 aliphatic carbocycles. The lowest BCUT2D eigenvalue weighted by atomic mass is 10.2. The molecule has 3 heterocycles. The maximum absolute atomic E-state index is 12.7. The van der Waals surface area contributed by atoms with E-state index in [1.807, 2.05) is 31.2 Å². The Balaban J connectivity index is 1.68. The van der Waals surface area contributed by atoms with E-state index in [2.05, 4.69) is 10.1 Å². The van der Waals surface area contributed by atoms with Gasteiger partial charge in [-0.2, -0.15) is 5.10 Å². The zero-order valence-corrected chi connectivity index (χ0v) is 13.9. The number of aromatic nitrogens is 4. The van der Waals surface area contributed by atoms with Crippen molar-refractivity contribution in [1.82, 2.24) is 19.3 Å². The molecule has 1 saturated heterocycles. The Morgan fingerprint density at radius 1 is 1.21 bits per heavy atom. The molecule has 2 aromatic heterocycles. The minimum Gasteiger partial charge on any atom is -0.333 e. The van der Waals surface area contributed by atoms with Crippen LogP contribution in [0, 0.1) is 6.92 Å². The van der Waals surface area contributed by atoms with Crippen LogP contribution in [0.15, 0.2) is 41.6 Å². The molecule has 1 aromatic carbocycles. The molecule has 1 fully saturated rings. The van der Waals surface area contributed by atoms with Gasteiger partial charge < -0.3 is 4.90 Å². The molecule has 1 N–H and O–H groups in total. The standard InChI is InChI=1S/C18H21N5O/c1-14-6-2-3-7-16(14)23-17-15(12-20-23)18(24)22(13-19-17)11-10-21-8-4-5-9-21/h2-3,6-7,12-13H,4-5,8-11H2,1H3/p+1. The SMILES string of the molecule is Cc1ccccc1-n1ncc2c(=O)n(CC[NH+]3CCCC3)cnc21. The van der Waals surface area contributed by atoms with E-state index in [4.69, 9.17) is 0 Å². The summed E-state index contributed by atoms with van der Waals surface area (Å²) in [4.78, 5) is 18.8. The molecule has 0 bridgehead atoms. The first kappa shape index (κ1) is 15.1. The predicted molar refractivity (Wildman–Crippen MR) is 92.7 cm³/mol. The summed E-state index contributed by atoms with van der Waals surface area (Å²) >= 11 is 0. The molecule has 24 heavy (non-hydrogen) atoms. The normalized spacial score (nSPS) is 15.4. The number of quaternary nitrogens is 1. The van der Waals surface area contributed by atoms with E-state index in [0.717, 1.165) is 17.8 Å². The summed E-state index contributed by atoms with van der Waals surface area (Å²) in [5.74, 6) is 0. The lowest BCUT2D eigenvalue weighted by molar-refractivity contribution is -0.888. The van der Waals surface area contributed by atoms with Gasteiger partial charge in [0, 0.05) is 12.8 Å². The predicted octanol–water partition coefficient (Wildman–Crippen LogP) is 0.569. The van der Waals surface area contributed by atoms with Gasteiger partial charge in [-0.25, -0.2) is 9.67 Å². The molecule has 6 nitrogen and oxygen atoms in total. The summed E-state index contributed by atoms with van der Waals surface area (Å²) in [5, 5.41) is 4.98. The molecule has 124 valence electrons. The van der Waals surface area contributed by atoms with Crippen LogP contribution in [0.3, 0.4) is 0 Å². The number of likely N-dealkylation sites (tertiary alicyclic amines) is 1. The van der Waals surface area contributed by atoms with Gasteiger partial charge in [-0.3, -0.25) is 9.36 Å². The average Bonchev–Trinajstić information content (AvgIpc) is 3.24. The summed E-state index contributed by atoms with van der Waals surface area (Å²) in [6, 6.07) is 7.98. The molecule has 4 rings (SSSR count). The number of hydrogen-bond acceptors (Lipinski definition) is 3. The number of benzene rings is 1. The Labute approximate surface area is 140 Å². The van der Waals surface area contributed by atoms with Crippen LogP contribution in [-0.4, -0.2) is 39.0 Å². The topological polar surface area (TPSA) is 57.1 Å². The fourth-order valence-electron chi connectivity index (χ4n) is 3.49. The van der Waals surface area contributed by atoms with Gasteiger partial charge in [0.25, 0.3) is 5.56 Å². The number of nitrogens with zero attached hydrogens (tertiary/aromatic N) is 4. The van der Waals surface area contributed by atoms with Crippen molar-refractivity contribution in [3.8, 4) is 5.69 Å². The van der Waals surface area contributed by atoms with Crippen LogP contribution in [0.1, 0.15) is 18.4 Å². The summed E-state index contributed by atoms with van der Waals surface area (Å²) in [5.41, 5.74) is 2.68. The lowest BCUT2D eigenvalue weighted by Gasteiger charge is -2.12. The first-order valence-electron chi connectivity index (χ1n) is 8.57. The first-order valence-corrected chi connectivity index (χ1v) is 8.57. The van der Waals surface area contributed by atoms with Crippen LogP contribution >= 0.6 is 0 Å². The van der Waals surface area contributed by atoms with Gasteiger partial charge in [0.1, 0.15) is 11.7 Å². The van der Waals surface area contributed by atoms with Gasteiger partial charge >= 0.3 is 0 Å². The highest BCUT2D eigenvalue weighted by atomic mass is 16.1. The molecule has 0 atom stereocenters. The van der Waals surface area contributed by atoms with Crippen LogP contribution in [0.2, 0.25) is 0 Å². The van der Waals surface area contributed by atoms with E-state index in [-0.39, 0.29) is 5.56 Å². The molecule has 0 spiro atoms. The second kappa shape index (κ2) is 6.20. The zero-order chi connectivity index (χ0) is 16.5. The van der Waals surface area contributed by atoms with E-state index in [1.54, 1.807) is 26.7 Å². The number of hydrogen-bond donors (Lipinski definition) is 1. The highest BCUT2D eigenvalue weighted by Gasteiger charge is 2.16. The Hall–Kier alpha value is -2.47. The second-order valence-corrected chi connectivity index (χ2v) is 6.53. The maximum Gasteiger partial charge on any atom is 0.264 e. The number of nitrogens with one attached hydrogen (secondary N) is 1. The van der Waals surface area contributed by atoms with Crippen LogP contribution in [0.5, 0.6) is 0 Å². The fraction of sp³-hybridized carbons (Fsp3) is 0.389. The van der Waals surface area contributed by atoms with Crippen LogP contribution in [0.4, 0.5) is 0 Å². The number of para-hydroxylation sites is 1. The smallest absolute Gasteiger partial charge is 0.264 e. The highest BCUT2D eigenvalue weighted by molar-refractivity contribution is 5.75. The van der Waals surface area contributed by atoms with E-state index in [0.29, 0.717) is 17.6 Å². The number of aryl methyl sites for hydroxylation is 1. The molecule has 0 radical (unpaired) electrons. The lowest BCUT2D eigenvalue weighted by Crippen LogP contribution is -3.10. The van der Waals surface area contributed by atoms with E-state index >= 15 is 0 Å². The summed E-state index contributed by atoms with van der Waals surface area (Å²) in [6.07, 6.45) is 5.89. The monoisotopic (exact) mass is 324 g/mol.